The van der Waals surface area contributed by atoms with Gasteiger partial charge in [0.15, 0.2) is 11.4 Å². The Morgan fingerprint density at radius 2 is 1.86 bits per heavy atom. The normalized spacial score (nSPS) is 10.7. The van der Waals surface area contributed by atoms with E-state index in [0.29, 0.717) is 17.1 Å². The van der Waals surface area contributed by atoms with E-state index in [9.17, 15) is 14.7 Å². The summed E-state index contributed by atoms with van der Waals surface area (Å²) in [4.78, 5) is 24.8. The molecular formula is C21H21N3O4. The lowest BCUT2D eigenvalue weighted by molar-refractivity contribution is 0.101. The number of benzene rings is 2. The van der Waals surface area contributed by atoms with Gasteiger partial charge in [0.05, 0.1) is 11.8 Å². The maximum Gasteiger partial charge on any atom is 0.279 e. The van der Waals surface area contributed by atoms with Crippen LogP contribution in [0, 0.1) is 6.92 Å². The summed E-state index contributed by atoms with van der Waals surface area (Å²) in [5.74, 6) is -0.426. The maximum absolute atomic E-state index is 12.6. The van der Waals surface area contributed by atoms with Crippen molar-refractivity contribution in [3.8, 4) is 17.2 Å². The summed E-state index contributed by atoms with van der Waals surface area (Å²) in [5.41, 5.74) is 1.18. The topological polar surface area (TPSA) is 93.5 Å². The summed E-state index contributed by atoms with van der Waals surface area (Å²) in [6, 6.07) is 14.9. The van der Waals surface area contributed by atoms with E-state index in [1.807, 2.05) is 26.8 Å². The number of nitrogens with one attached hydrogen (secondary N) is 1. The van der Waals surface area contributed by atoms with Crippen LogP contribution in [0.1, 0.15) is 29.9 Å². The average Bonchev–Trinajstić information content (AvgIpc) is 2.63. The van der Waals surface area contributed by atoms with Gasteiger partial charge < -0.3 is 15.2 Å². The number of hydrogen-bond acceptors (Lipinski definition) is 5. The lowest BCUT2D eigenvalue weighted by atomic mass is 10.2. The first-order valence-electron chi connectivity index (χ1n) is 8.82. The Labute approximate surface area is 162 Å². The Kier molecular flexibility index (Phi) is 5.44. The van der Waals surface area contributed by atoms with E-state index < -0.39 is 17.2 Å². The largest absolute Gasteiger partial charge is 0.505 e. The minimum Gasteiger partial charge on any atom is -0.505 e. The average molecular weight is 379 g/mol. The summed E-state index contributed by atoms with van der Waals surface area (Å²) in [6.07, 6.45) is 0.0456. The summed E-state index contributed by atoms with van der Waals surface area (Å²) in [6.45, 7) is 5.73. The van der Waals surface area contributed by atoms with Gasteiger partial charge in [-0.2, -0.15) is 9.78 Å². The standard InChI is InChI=1S/C21H21N3O4/c1-13(2)28-17-9-7-15(8-10-17)22-21(27)20-18(25)12-19(26)24(23-20)16-6-4-5-14(3)11-16/h4-13,25H,1-3H3,(H,22,27). The van der Waals surface area contributed by atoms with E-state index in [0.717, 1.165) is 16.3 Å². The molecule has 7 heteroatoms. The van der Waals surface area contributed by atoms with Gasteiger partial charge in [0.1, 0.15) is 5.75 Å². The van der Waals surface area contributed by atoms with Crippen molar-refractivity contribution in [2.45, 2.75) is 26.9 Å². The van der Waals surface area contributed by atoms with Gasteiger partial charge >= 0.3 is 0 Å². The summed E-state index contributed by atoms with van der Waals surface area (Å²) < 4.78 is 6.65. The number of aryl methyl sites for hydroxylation is 1. The van der Waals surface area contributed by atoms with E-state index in [-0.39, 0.29) is 11.8 Å². The Morgan fingerprint density at radius 3 is 2.50 bits per heavy atom. The Balaban J connectivity index is 1.87. The second kappa shape index (κ2) is 7.96. The third kappa shape index (κ3) is 4.37. The lowest BCUT2D eigenvalue weighted by Crippen LogP contribution is -2.25. The highest BCUT2D eigenvalue weighted by molar-refractivity contribution is 6.04. The molecule has 144 valence electrons. The molecular weight excluding hydrogens is 358 g/mol. The van der Waals surface area contributed by atoms with Crippen molar-refractivity contribution < 1.29 is 14.6 Å². The Hall–Kier alpha value is -3.61. The second-order valence-electron chi connectivity index (χ2n) is 6.61. The van der Waals surface area contributed by atoms with Gasteiger partial charge in [-0.1, -0.05) is 12.1 Å². The van der Waals surface area contributed by atoms with Crippen molar-refractivity contribution in [3.05, 3.63) is 76.2 Å². The van der Waals surface area contributed by atoms with Crippen LogP contribution in [-0.2, 0) is 0 Å². The van der Waals surface area contributed by atoms with Gasteiger partial charge in [-0.15, -0.1) is 0 Å². The molecule has 0 bridgehead atoms. The van der Waals surface area contributed by atoms with E-state index in [1.54, 1.807) is 42.5 Å². The predicted molar refractivity (Wildman–Crippen MR) is 106 cm³/mol. The molecule has 28 heavy (non-hydrogen) atoms. The quantitative estimate of drug-likeness (QED) is 0.710. The molecule has 0 unspecified atom stereocenters. The van der Waals surface area contributed by atoms with Gasteiger partial charge in [-0.25, -0.2) is 0 Å². The fourth-order valence-electron chi connectivity index (χ4n) is 2.63. The molecule has 3 rings (SSSR count). The van der Waals surface area contributed by atoms with Crippen molar-refractivity contribution in [1.29, 1.82) is 0 Å². The number of hydrogen-bond donors (Lipinski definition) is 2. The molecule has 3 aromatic rings. The highest BCUT2D eigenvalue weighted by Crippen LogP contribution is 2.19. The first-order chi connectivity index (χ1) is 13.3. The molecule has 0 aliphatic rings. The molecule has 1 amide bonds. The van der Waals surface area contributed by atoms with Crippen LogP contribution in [0.2, 0.25) is 0 Å². The van der Waals surface area contributed by atoms with Crippen LogP contribution >= 0.6 is 0 Å². The monoisotopic (exact) mass is 379 g/mol. The van der Waals surface area contributed by atoms with Crippen molar-refractivity contribution in [2.75, 3.05) is 5.32 Å². The third-order valence-electron chi connectivity index (χ3n) is 3.86. The van der Waals surface area contributed by atoms with Crippen LogP contribution in [0.3, 0.4) is 0 Å². The van der Waals surface area contributed by atoms with Crippen molar-refractivity contribution >= 4 is 11.6 Å². The number of carbonyl (C=O) groups excluding carboxylic acids is 1. The molecule has 0 saturated heterocycles. The molecule has 2 N–H and O–H groups in total. The van der Waals surface area contributed by atoms with Crippen LogP contribution in [0.4, 0.5) is 5.69 Å². The molecule has 0 aliphatic carbocycles. The van der Waals surface area contributed by atoms with Crippen molar-refractivity contribution in [2.24, 2.45) is 0 Å². The fraction of sp³-hybridized carbons (Fsp3) is 0.190. The lowest BCUT2D eigenvalue weighted by Gasteiger charge is -2.11. The Bertz CT molecular complexity index is 1060. The first kappa shape index (κ1) is 19.2. The Morgan fingerprint density at radius 1 is 1.14 bits per heavy atom. The number of aromatic nitrogens is 2. The van der Waals surface area contributed by atoms with Gasteiger partial charge in [-0.05, 0) is 62.7 Å². The highest BCUT2D eigenvalue weighted by Gasteiger charge is 2.17. The molecule has 2 aromatic carbocycles. The molecule has 1 heterocycles. The van der Waals surface area contributed by atoms with E-state index in [4.69, 9.17) is 4.74 Å². The van der Waals surface area contributed by atoms with Gasteiger partial charge in [0.25, 0.3) is 11.5 Å². The predicted octanol–water partition coefficient (Wildman–Crippen LogP) is 3.29. The number of anilines is 1. The molecule has 0 atom stereocenters. The number of nitrogens with zero attached hydrogens (tertiary/aromatic N) is 2. The molecule has 1 aromatic heterocycles. The zero-order valence-electron chi connectivity index (χ0n) is 15.8. The molecule has 0 spiro atoms. The van der Waals surface area contributed by atoms with E-state index in [1.165, 1.54) is 0 Å². The number of carbonyl (C=O) groups is 1. The SMILES string of the molecule is Cc1cccc(-n2nc(C(=O)Nc3ccc(OC(C)C)cc3)c(O)cc2=O)c1. The van der Waals surface area contributed by atoms with Crippen LogP contribution in [0.5, 0.6) is 11.5 Å². The van der Waals surface area contributed by atoms with E-state index in [2.05, 4.69) is 10.4 Å². The van der Waals surface area contributed by atoms with Gasteiger partial charge in [0, 0.05) is 11.8 Å². The number of ether oxygens (including phenoxy) is 1. The summed E-state index contributed by atoms with van der Waals surface area (Å²) in [5, 5.41) is 16.8. The maximum atomic E-state index is 12.6. The van der Waals surface area contributed by atoms with E-state index >= 15 is 0 Å². The minimum atomic E-state index is -0.628. The van der Waals surface area contributed by atoms with Crippen LogP contribution in [-0.4, -0.2) is 26.9 Å². The summed E-state index contributed by atoms with van der Waals surface area (Å²) >= 11 is 0. The first-order valence-corrected chi connectivity index (χ1v) is 8.82. The number of amides is 1. The number of rotatable bonds is 5. The summed E-state index contributed by atoms with van der Waals surface area (Å²) in [7, 11) is 0. The molecule has 0 saturated carbocycles. The fourth-order valence-corrected chi connectivity index (χ4v) is 2.63. The highest BCUT2D eigenvalue weighted by atomic mass is 16.5. The third-order valence-corrected chi connectivity index (χ3v) is 3.86. The van der Waals surface area contributed by atoms with Crippen LogP contribution in [0.15, 0.2) is 59.4 Å². The van der Waals surface area contributed by atoms with Crippen LogP contribution < -0.4 is 15.6 Å². The van der Waals surface area contributed by atoms with Crippen molar-refractivity contribution in [3.63, 3.8) is 0 Å². The van der Waals surface area contributed by atoms with Crippen LogP contribution in [0.25, 0.3) is 5.69 Å². The van der Waals surface area contributed by atoms with Crippen molar-refractivity contribution in [1.82, 2.24) is 9.78 Å². The second-order valence-corrected chi connectivity index (χ2v) is 6.61. The smallest absolute Gasteiger partial charge is 0.279 e. The molecule has 0 fully saturated rings. The number of aromatic hydroxyl groups is 1. The zero-order valence-corrected chi connectivity index (χ0v) is 15.8. The molecule has 0 aliphatic heterocycles. The van der Waals surface area contributed by atoms with Gasteiger partial charge in [0.2, 0.25) is 0 Å². The zero-order chi connectivity index (χ0) is 20.3. The van der Waals surface area contributed by atoms with Gasteiger partial charge in [-0.3, -0.25) is 9.59 Å². The molecule has 0 radical (unpaired) electrons. The molecule has 7 nitrogen and oxygen atoms in total. The minimum absolute atomic E-state index is 0.0456.